The molecule has 0 radical (unpaired) electrons. The van der Waals surface area contributed by atoms with E-state index in [-0.39, 0.29) is 24.5 Å². The lowest BCUT2D eigenvalue weighted by molar-refractivity contribution is 0.0527. The molecule has 0 fully saturated rings. The number of Topliss-reactive ketones (excluding diaryl/α,β-unsaturated/α-hetero) is 1. The number of hydrogen-bond acceptors (Lipinski definition) is 4. The standard InChI is InChI=1S/C17H19NO4/c1-17(2,3)22-16(21)18-9-8-11-10-14(19)12-6-4-5-7-13(12)15(11)20/h4-7,10H,8-9H2,1-3H3,(H,18,21). The molecule has 2 rings (SSSR count). The normalized spacial score (nSPS) is 14.2. The minimum Gasteiger partial charge on any atom is -0.444 e. The van der Waals surface area contributed by atoms with Crippen LogP contribution in [0.25, 0.3) is 0 Å². The zero-order valence-corrected chi connectivity index (χ0v) is 12.9. The molecule has 0 spiro atoms. The van der Waals surface area contributed by atoms with Crippen LogP contribution in [-0.2, 0) is 4.74 Å². The van der Waals surface area contributed by atoms with E-state index in [1.165, 1.54) is 6.08 Å². The highest BCUT2D eigenvalue weighted by Gasteiger charge is 2.24. The van der Waals surface area contributed by atoms with E-state index in [1.54, 1.807) is 45.0 Å². The van der Waals surface area contributed by atoms with Crippen molar-refractivity contribution in [3.05, 3.63) is 47.0 Å². The lowest BCUT2D eigenvalue weighted by Gasteiger charge is -2.20. The van der Waals surface area contributed by atoms with Crippen molar-refractivity contribution in [2.45, 2.75) is 32.8 Å². The van der Waals surface area contributed by atoms with E-state index in [4.69, 9.17) is 4.74 Å². The molecule has 1 aliphatic carbocycles. The third-order valence-electron chi connectivity index (χ3n) is 3.10. The lowest BCUT2D eigenvalue weighted by atomic mass is 9.88. The molecule has 1 amide bonds. The molecule has 22 heavy (non-hydrogen) atoms. The maximum Gasteiger partial charge on any atom is 0.407 e. The smallest absolute Gasteiger partial charge is 0.407 e. The number of rotatable bonds is 3. The van der Waals surface area contributed by atoms with Gasteiger partial charge in [0.1, 0.15) is 5.60 Å². The molecular weight excluding hydrogens is 282 g/mol. The Bertz CT molecular complexity index is 653. The van der Waals surface area contributed by atoms with E-state index in [2.05, 4.69) is 5.32 Å². The van der Waals surface area contributed by atoms with Crippen molar-refractivity contribution in [1.29, 1.82) is 0 Å². The van der Waals surface area contributed by atoms with Crippen molar-refractivity contribution in [1.82, 2.24) is 5.32 Å². The average molecular weight is 301 g/mol. The molecule has 0 bridgehead atoms. The lowest BCUT2D eigenvalue weighted by Crippen LogP contribution is -2.33. The maximum atomic E-state index is 12.3. The van der Waals surface area contributed by atoms with Crippen LogP contribution in [0.3, 0.4) is 0 Å². The summed E-state index contributed by atoms with van der Waals surface area (Å²) in [5, 5.41) is 2.58. The first-order valence-electron chi connectivity index (χ1n) is 7.13. The second-order valence-electron chi connectivity index (χ2n) is 6.09. The molecule has 0 heterocycles. The Hall–Kier alpha value is -2.43. The van der Waals surface area contributed by atoms with Crippen LogP contribution < -0.4 is 5.32 Å². The highest BCUT2D eigenvalue weighted by Crippen LogP contribution is 2.22. The van der Waals surface area contributed by atoms with Crippen molar-refractivity contribution in [3.63, 3.8) is 0 Å². The van der Waals surface area contributed by atoms with Gasteiger partial charge in [0.2, 0.25) is 0 Å². The first-order chi connectivity index (χ1) is 10.3. The number of amides is 1. The van der Waals surface area contributed by atoms with Gasteiger partial charge in [-0.1, -0.05) is 24.3 Å². The van der Waals surface area contributed by atoms with Crippen LogP contribution in [0.5, 0.6) is 0 Å². The van der Waals surface area contributed by atoms with Gasteiger partial charge in [-0.2, -0.15) is 0 Å². The zero-order chi connectivity index (χ0) is 16.3. The molecule has 1 aromatic rings. The second kappa shape index (κ2) is 6.13. The monoisotopic (exact) mass is 301 g/mol. The summed E-state index contributed by atoms with van der Waals surface area (Å²) >= 11 is 0. The van der Waals surface area contributed by atoms with Crippen molar-refractivity contribution >= 4 is 17.7 Å². The number of allylic oxidation sites excluding steroid dienone is 1. The summed E-state index contributed by atoms with van der Waals surface area (Å²) in [6.45, 7) is 5.56. The second-order valence-corrected chi connectivity index (χ2v) is 6.09. The van der Waals surface area contributed by atoms with E-state index >= 15 is 0 Å². The Morgan fingerprint density at radius 3 is 2.41 bits per heavy atom. The van der Waals surface area contributed by atoms with Gasteiger partial charge in [0.15, 0.2) is 11.6 Å². The van der Waals surface area contributed by atoms with Gasteiger partial charge < -0.3 is 10.1 Å². The molecule has 0 saturated heterocycles. The summed E-state index contributed by atoms with van der Waals surface area (Å²) in [4.78, 5) is 35.8. The summed E-state index contributed by atoms with van der Waals surface area (Å²) < 4.78 is 5.11. The summed E-state index contributed by atoms with van der Waals surface area (Å²) in [7, 11) is 0. The number of alkyl carbamates (subject to hydrolysis) is 1. The topological polar surface area (TPSA) is 72.5 Å². The summed E-state index contributed by atoms with van der Waals surface area (Å²) in [5.41, 5.74) is 0.678. The predicted octanol–water partition coefficient (Wildman–Crippen LogP) is 2.91. The third kappa shape index (κ3) is 3.81. The molecule has 1 aromatic carbocycles. The quantitative estimate of drug-likeness (QED) is 0.931. The van der Waals surface area contributed by atoms with Gasteiger partial charge in [0.05, 0.1) is 0 Å². The van der Waals surface area contributed by atoms with Crippen molar-refractivity contribution in [2.75, 3.05) is 6.54 Å². The Kier molecular flexibility index (Phi) is 4.45. The molecule has 0 atom stereocenters. The Morgan fingerprint density at radius 1 is 1.14 bits per heavy atom. The molecule has 0 aliphatic heterocycles. The molecular formula is C17H19NO4. The van der Waals surface area contributed by atoms with Crippen molar-refractivity contribution in [2.24, 2.45) is 0 Å². The van der Waals surface area contributed by atoms with Gasteiger partial charge in [0.25, 0.3) is 0 Å². The number of fused-ring (bicyclic) bond motifs is 1. The van der Waals surface area contributed by atoms with Crippen LogP contribution in [0.4, 0.5) is 4.79 Å². The number of benzene rings is 1. The third-order valence-corrected chi connectivity index (χ3v) is 3.10. The SMILES string of the molecule is CC(C)(C)OC(=O)NCCC1=CC(=O)c2ccccc2C1=O. The van der Waals surface area contributed by atoms with Gasteiger partial charge in [-0.3, -0.25) is 9.59 Å². The first-order valence-corrected chi connectivity index (χ1v) is 7.13. The van der Waals surface area contributed by atoms with Crippen molar-refractivity contribution < 1.29 is 19.1 Å². The molecule has 5 heteroatoms. The van der Waals surface area contributed by atoms with Crippen LogP contribution in [-0.4, -0.2) is 29.8 Å². The Balaban J connectivity index is 1.96. The van der Waals surface area contributed by atoms with E-state index in [0.717, 1.165) is 0 Å². The minimum atomic E-state index is -0.571. The molecule has 0 unspecified atom stereocenters. The molecule has 1 N–H and O–H groups in total. The molecule has 0 saturated carbocycles. The van der Waals surface area contributed by atoms with Gasteiger partial charge in [-0.15, -0.1) is 0 Å². The van der Waals surface area contributed by atoms with Gasteiger partial charge >= 0.3 is 6.09 Å². The summed E-state index contributed by atoms with van der Waals surface area (Å²) in [5.74, 6) is -0.344. The van der Waals surface area contributed by atoms with Crippen LogP contribution in [0, 0.1) is 0 Å². The number of hydrogen-bond donors (Lipinski definition) is 1. The van der Waals surface area contributed by atoms with E-state index in [0.29, 0.717) is 16.7 Å². The number of carbonyl (C=O) groups excluding carboxylic acids is 3. The van der Waals surface area contributed by atoms with Crippen LogP contribution in [0.2, 0.25) is 0 Å². The van der Waals surface area contributed by atoms with E-state index in [1.807, 2.05) is 0 Å². The highest BCUT2D eigenvalue weighted by molar-refractivity contribution is 6.24. The Morgan fingerprint density at radius 2 is 1.77 bits per heavy atom. The van der Waals surface area contributed by atoms with Gasteiger partial charge in [-0.05, 0) is 33.3 Å². The predicted molar refractivity (Wildman–Crippen MR) is 82.0 cm³/mol. The van der Waals surface area contributed by atoms with E-state index in [9.17, 15) is 14.4 Å². The Labute approximate surface area is 129 Å². The van der Waals surface area contributed by atoms with Crippen LogP contribution in [0.15, 0.2) is 35.9 Å². The van der Waals surface area contributed by atoms with Gasteiger partial charge in [0, 0.05) is 23.2 Å². The average Bonchev–Trinajstić information content (AvgIpc) is 2.42. The van der Waals surface area contributed by atoms with Crippen LogP contribution in [0.1, 0.15) is 47.9 Å². The number of nitrogens with one attached hydrogen (secondary N) is 1. The number of carbonyl (C=O) groups is 3. The largest absolute Gasteiger partial charge is 0.444 e. The fourth-order valence-electron chi connectivity index (χ4n) is 2.17. The highest BCUT2D eigenvalue weighted by atomic mass is 16.6. The minimum absolute atomic E-state index is 0.166. The fourth-order valence-corrected chi connectivity index (χ4v) is 2.17. The van der Waals surface area contributed by atoms with Gasteiger partial charge in [-0.25, -0.2) is 4.79 Å². The number of ketones is 2. The zero-order valence-electron chi connectivity index (χ0n) is 12.9. The molecule has 116 valence electrons. The van der Waals surface area contributed by atoms with Crippen molar-refractivity contribution in [3.8, 4) is 0 Å². The molecule has 0 aromatic heterocycles. The first kappa shape index (κ1) is 15.9. The van der Waals surface area contributed by atoms with Crippen LogP contribution >= 0.6 is 0 Å². The van der Waals surface area contributed by atoms with E-state index < -0.39 is 11.7 Å². The number of ether oxygens (including phenoxy) is 1. The molecule has 1 aliphatic rings. The fraction of sp³-hybridized carbons (Fsp3) is 0.353. The maximum absolute atomic E-state index is 12.3. The summed E-state index contributed by atoms with van der Waals surface area (Å²) in [6.07, 6.45) is 1.10. The molecule has 5 nitrogen and oxygen atoms in total. The summed E-state index contributed by atoms with van der Waals surface area (Å²) in [6, 6.07) is 6.74.